The average Bonchev–Trinajstić information content (AvgIpc) is 3.28. The Hall–Kier alpha value is -3.49. The lowest BCUT2D eigenvalue weighted by Gasteiger charge is -2.31. The topological polar surface area (TPSA) is 101 Å². The number of fused-ring (bicyclic) bond motifs is 2. The monoisotopic (exact) mass is 391 g/mol. The van der Waals surface area contributed by atoms with E-state index in [0.29, 0.717) is 31.7 Å². The van der Waals surface area contributed by atoms with Crippen molar-refractivity contribution in [1.29, 1.82) is 0 Å². The number of carbonyl (C=O) groups is 1. The number of hydrogen-bond donors (Lipinski definition) is 1. The fraction of sp³-hybridized carbons (Fsp3) is 0.350. The number of aryl methyl sites for hydroxylation is 2. The van der Waals surface area contributed by atoms with Crippen LogP contribution in [0, 0.1) is 13.8 Å². The molecule has 1 saturated heterocycles. The number of piperidine rings is 1. The van der Waals surface area contributed by atoms with Gasteiger partial charge in [-0.05, 0) is 44.9 Å². The van der Waals surface area contributed by atoms with E-state index in [9.17, 15) is 9.59 Å². The van der Waals surface area contributed by atoms with Gasteiger partial charge in [-0.3, -0.25) is 9.36 Å². The van der Waals surface area contributed by atoms with Gasteiger partial charge in [-0.15, -0.1) is 5.10 Å². The summed E-state index contributed by atoms with van der Waals surface area (Å²) >= 11 is 0. The van der Waals surface area contributed by atoms with Crippen molar-refractivity contribution in [1.82, 2.24) is 34.0 Å². The Morgan fingerprint density at radius 3 is 2.69 bits per heavy atom. The van der Waals surface area contributed by atoms with Crippen molar-refractivity contribution in [2.75, 3.05) is 13.1 Å². The maximum Gasteiger partial charge on any atom is 0.326 e. The zero-order chi connectivity index (χ0) is 20.1. The molecule has 3 aromatic heterocycles. The van der Waals surface area contributed by atoms with Gasteiger partial charge in [-0.1, -0.05) is 12.1 Å². The van der Waals surface area contributed by atoms with E-state index in [1.165, 1.54) is 0 Å². The maximum atomic E-state index is 12.9. The third kappa shape index (κ3) is 2.89. The summed E-state index contributed by atoms with van der Waals surface area (Å²) in [6.07, 6.45) is 1.41. The second kappa shape index (κ2) is 6.54. The molecule has 9 nitrogen and oxygen atoms in total. The molecule has 1 aliphatic heterocycles. The van der Waals surface area contributed by atoms with Crippen molar-refractivity contribution in [3.63, 3.8) is 0 Å². The highest BCUT2D eigenvalue weighted by Gasteiger charge is 2.28. The average molecular weight is 391 g/mol. The van der Waals surface area contributed by atoms with Crippen molar-refractivity contribution < 1.29 is 4.79 Å². The minimum Gasteiger partial charge on any atom is -0.336 e. The van der Waals surface area contributed by atoms with E-state index in [4.69, 9.17) is 0 Å². The molecule has 0 spiro atoms. The highest BCUT2D eigenvalue weighted by atomic mass is 16.2. The molecule has 1 amide bonds. The van der Waals surface area contributed by atoms with Gasteiger partial charge in [0.2, 0.25) is 5.82 Å². The molecule has 0 radical (unpaired) electrons. The van der Waals surface area contributed by atoms with Crippen LogP contribution in [0.2, 0.25) is 0 Å². The minimum atomic E-state index is -0.197. The molecule has 1 aromatic carbocycles. The Morgan fingerprint density at radius 2 is 1.90 bits per heavy atom. The van der Waals surface area contributed by atoms with Crippen molar-refractivity contribution in [3.05, 3.63) is 58.0 Å². The standard InChI is InChI=1S/C20H21N7O2/c1-12-11-13(2)27-19(21-12)23-17(24-27)18(28)25-9-7-14(8-10-25)26-16-6-4-3-5-15(16)22-20(26)29/h3-6,11,14H,7-10H2,1-2H3,(H,22,29). The Labute approximate surface area is 166 Å². The van der Waals surface area contributed by atoms with Crippen LogP contribution in [0.1, 0.15) is 40.9 Å². The molecule has 1 fully saturated rings. The van der Waals surface area contributed by atoms with Crippen molar-refractivity contribution in [3.8, 4) is 0 Å². The van der Waals surface area contributed by atoms with E-state index >= 15 is 0 Å². The number of H-pyrrole nitrogens is 1. The summed E-state index contributed by atoms with van der Waals surface area (Å²) in [5.74, 6) is 0.400. The Bertz CT molecular complexity index is 1290. The second-order valence-corrected chi connectivity index (χ2v) is 7.53. The number of aromatic nitrogens is 6. The molecule has 5 rings (SSSR count). The van der Waals surface area contributed by atoms with Crippen LogP contribution in [0.5, 0.6) is 0 Å². The predicted octanol–water partition coefficient (Wildman–Crippen LogP) is 1.86. The van der Waals surface area contributed by atoms with Crippen LogP contribution in [0.3, 0.4) is 0 Å². The van der Waals surface area contributed by atoms with Gasteiger partial charge < -0.3 is 9.88 Å². The molecule has 0 aliphatic carbocycles. The second-order valence-electron chi connectivity index (χ2n) is 7.53. The Morgan fingerprint density at radius 1 is 1.14 bits per heavy atom. The number of para-hydroxylation sites is 2. The van der Waals surface area contributed by atoms with Crippen LogP contribution in [-0.4, -0.2) is 53.0 Å². The molecular formula is C20H21N7O2. The van der Waals surface area contributed by atoms with E-state index < -0.39 is 0 Å². The SMILES string of the molecule is Cc1cc(C)n2nc(C(=O)N3CCC(n4c(=O)[nH]c5ccccc54)CC3)nc2n1. The van der Waals surface area contributed by atoms with Crippen molar-refractivity contribution in [2.45, 2.75) is 32.7 Å². The third-order valence-electron chi connectivity index (χ3n) is 5.55. The first kappa shape index (κ1) is 17.6. The highest BCUT2D eigenvalue weighted by Crippen LogP contribution is 2.25. The van der Waals surface area contributed by atoms with Gasteiger partial charge in [0, 0.05) is 30.5 Å². The van der Waals surface area contributed by atoms with E-state index in [1.807, 2.05) is 48.7 Å². The molecule has 4 heterocycles. The van der Waals surface area contributed by atoms with Gasteiger partial charge in [-0.25, -0.2) is 14.3 Å². The number of carbonyl (C=O) groups excluding carboxylic acids is 1. The van der Waals surface area contributed by atoms with Crippen LogP contribution in [0.15, 0.2) is 35.1 Å². The third-order valence-corrected chi connectivity index (χ3v) is 5.55. The van der Waals surface area contributed by atoms with Gasteiger partial charge in [0.15, 0.2) is 0 Å². The summed E-state index contributed by atoms with van der Waals surface area (Å²) in [4.78, 5) is 38.7. The number of rotatable bonds is 2. The van der Waals surface area contributed by atoms with Gasteiger partial charge in [0.25, 0.3) is 11.7 Å². The number of aromatic amines is 1. The molecule has 0 saturated carbocycles. The first-order valence-electron chi connectivity index (χ1n) is 9.71. The van der Waals surface area contributed by atoms with Gasteiger partial charge in [0.1, 0.15) is 0 Å². The quantitative estimate of drug-likeness (QED) is 0.562. The number of amides is 1. The van der Waals surface area contributed by atoms with Crippen molar-refractivity contribution in [2.24, 2.45) is 0 Å². The van der Waals surface area contributed by atoms with Crippen LogP contribution in [0.25, 0.3) is 16.8 Å². The Balaban J connectivity index is 1.36. The summed E-state index contributed by atoms with van der Waals surface area (Å²) in [6, 6.07) is 9.65. The lowest BCUT2D eigenvalue weighted by Crippen LogP contribution is -2.40. The normalized spacial score (nSPS) is 15.4. The number of imidazole rings is 1. The summed E-state index contributed by atoms with van der Waals surface area (Å²) in [5.41, 5.74) is 3.36. The summed E-state index contributed by atoms with van der Waals surface area (Å²) in [7, 11) is 0. The number of benzene rings is 1. The number of likely N-dealkylation sites (tertiary alicyclic amines) is 1. The van der Waals surface area contributed by atoms with E-state index in [2.05, 4.69) is 20.1 Å². The summed E-state index contributed by atoms with van der Waals surface area (Å²) in [5, 5.41) is 4.34. The first-order valence-corrected chi connectivity index (χ1v) is 9.71. The molecular weight excluding hydrogens is 370 g/mol. The first-order chi connectivity index (χ1) is 14.0. The summed E-state index contributed by atoms with van der Waals surface area (Å²) in [6.45, 7) is 4.91. The number of nitrogens with one attached hydrogen (secondary N) is 1. The number of nitrogens with zero attached hydrogens (tertiary/aromatic N) is 6. The zero-order valence-electron chi connectivity index (χ0n) is 16.3. The minimum absolute atomic E-state index is 0.0586. The molecule has 1 aliphatic rings. The molecule has 1 N–H and O–H groups in total. The zero-order valence-corrected chi connectivity index (χ0v) is 16.3. The Kier molecular flexibility index (Phi) is 3.97. The highest BCUT2D eigenvalue weighted by molar-refractivity contribution is 5.91. The fourth-order valence-electron chi connectivity index (χ4n) is 4.16. The largest absolute Gasteiger partial charge is 0.336 e. The van der Waals surface area contributed by atoms with E-state index in [0.717, 1.165) is 22.4 Å². The number of hydrogen-bond acceptors (Lipinski definition) is 5. The molecule has 0 bridgehead atoms. The molecule has 0 atom stereocenters. The lowest BCUT2D eigenvalue weighted by atomic mass is 10.0. The lowest BCUT2D eigenvalue weighted by molar-refractivity contribution is 0.0683. The molecule has 29 heavy (non-hydrogen) atoms. The molecule has 0 unspecified atom stereocenters. The maximum absolute atomic E-state index is 12.9. The van der Waals surface area contributed by atoms with Gasteiger partial charge in [-0.2, -0.15) is 4.98 Å². The van der Waals surface area contributed by atoms with Crippen LogP contribution in [-0.2, 0) is 0 Å². The van der Waals surface area contributed by atoms with Gasteiger partial charge >= 0.3 is 5.69 Å². The molecule has 148 valence electrons. The van der Waals surface area contributed by atoms with Crippen LogP contribution >= 0.6 is 0 Å². The summed E-state index contributed by atoms with van der Waals surface area (Å²) < 4.78 is 3.41. The van der Waals surface area contributed by atoms with E-state index in [1.54, 1.807) is 9.42 Å². The van der Waals surface area contributed by atoms with Crippen LogP contribution in [0.4, 0.5) is 0 Å². The smallest absolute Gasteiger partial charge is 0.326 e. The van der Waals surface area contributed by atoms with Crippen molar-refractivity contribution >= 4 is 22.7 Å². The van der Waals surface area contributed by atoms with Crippen LogP contribution < -0.4 is 5.69 Å². The molecule has 9 heteroatoms. The molecule has 4 aromatic rings. The van der Waals surface area contributed by atoms with E-state index in [-0.39, 0.29) is 23.5 Å². The fourth-order valence-corrected chi connectivity index (χ4v) is 4.16. The predicted molar refractivity (Wildman–Crippen MR) is 107 cm³/mol. The van der Waals surface area contributed by atoms with Gasteiger partial charge in [0.05, 0.1) is 11.0 Å².